The maximum atomic E-state index is 12.2. The van der Waals surface area contributed by atoms with Crippen molar-refractivity contribution in [2.45, 2.75) is 26.0 Å². The molecular formula is C13H20N2O2S. The molecule has 2 N–H and O–H groups in total. The minimum absolute atomic E-state index is 0.00619. The van der Waals surface area contributed by atoms with Gasteiger partial charge in [0.1, 0.15) is 6.10 Å². The number of rotatable bonds is 3. The molecule has 0 spiro atoms. The zero-order chi connectivity index (χ0) is 13.1. The number of nitrogens with two attached hydrogens (primary N) is 1. The third-order valence-electron chi connectivity index (χ3n) is 3.30. The van der Waals surface area contributed by atoms with Crippen LogP contribution in [0.15, 0.2) is 16.8 Å². The molecule has 2 heterocycles. The summed E-state index contributed by atoms with van der Waals surface area (Å²) >= 11 is 1.65. The maximum Gasteiger partial charge on any atom is 0.239 e. The van der Waals surface area contributed by atoms with Gasteiger partial charge in [0.15, 0.2) is 0 Å². The molecule has 1 amide bonds. The number of carbonyl (C=O) groups excluding carboxylic acids is 1. The number of thiophene rings is 1. The number of hydrogen-bond acceptors (Lipinski definition) is 4. The highest BCUT2D eigenvalue weighted by Crippen LogP contribution is 2.24. The Morgan fingerprint density at radius 3 is 3.00 bits per heavy atom. The summed E-state index contributed by atoms with van der Waals surface area (Å²) in [6.45, 7) is 5.77. The van der Waals surface area contributed by atoms with Gasteiger partial charge in [-0.25, -0.2) is 0 Å². The molecule has 5 heteroatoms. The first-order valence-electron chi connectivity index (χ1n) is 6.27. The van der Waals surface area contributed by atoms with Crippen molar-refractivity contribution in [2.24, 2.45) is 11.7 Å². The Morgan fingerprint density at radius 2 is 2.39 bits per heavy atom. The van der Waals surface area contributed by atoms with Crippen molar-refractivity contribution in [1.82, 2.24) is 4.90 Å². The first-order chi connectivity index (χ1) is 8.59. The van der Waals surface area contributed by atoms with Crippen molar-refractivity contribution >= 4 is 17.2 Å². The molecule has 1 saturated heterocycles. The minimum Gasteiger partial charge on any atom is -0.370 e. The first kappa shape index (κ1) is 13.5. The smallest absolute Gasteiger partial charge is 0.239 e. The van der Waals surface area contributed by atoms with E-state index in [1.54, 1.807) is 11.3 Å². The molecule has 2 atom stereocenters. The fraction of sp³-hybridized carbons (Fsp3) is 0.615. The molecule has 0 saturated carbocycles. The second kappa shape index (κ2) is 5.82. The van der Waals surface area contributed by atoms with Crippen LogP contribution in [-0.4, -0.2) is 36.5 Å². The number of amides is 1. The highest BCUT2D eigenvalue weighted by Gasteiger charge is 2.29. The predicted molar refractivity (Wildman–Crippen MR) is 72.4 cm³/mol. The van der Waals surface area contributed by atoms with E-state index in [1.165, 1.54) is 0 Å². The second-order valence-electron chi connectivity index (χ2n) is 4.97. The molecule has 1 fully saturated rings. The SMILES string of the molecule is CC(C)[C@H](N)C(=O)N1CCOC(c2ccsc2)C1. The number of morpholine rings is 1. The normalized spacial score (nSPS) is 22.2. The van der Waals surface area contributed by atoms with E-state index in [0.29, 0.717) is 19.7 Å². The van der Waals surface area contributed by atoms with Crippen LogP contribution in [0.4, 0.5) is 0 Å². The summed E-state index contributed by atoms with van der Waals surface area (Å²) < 4.78 is 5.71. The quantitative estimate of drug-likeness (QED) is 0.906. The van der Waals surface area contributed by atoms with Gasteiger partial charge in [-0.05, 0) is 28.3 Å². The van der Waals surface area contributed by atoms with E-state index in [1.807, 2.05) is 30.2 Å². The summed E-state index contributed by atoms with van der Waals surface area (Å²) in [6, 6.07) is 1.64. The molecule has 0 aliphatic carbocycles. The van der Waals surface area contributed by atoms with E-state index in [4.69, 9.17) is 10.5 Å². The molecule has 0 aromatic carbocycles. The van der Waals surface area contributed by atoms with Crippen molar-refractivity contribution in [3.05, 3.63) is 22.4 Å². The van der Waals surface area contributed by atoms with E-state index in [9.17, 15) is 4.79 Å². The largest absolute Gasteiger partial charge is 0.370 e. The van der Waals surface area contributed by atoms with Gasteiger partial charge in [0.25, 0.3) is 0 Å². The van der Waals surface area contributed by atoms with Gasteiger partial charge in [-0.2, -0.15) is 11.3 Å². The standard InChI is InChI=1S/C13H20N2O2S/c1-9(2)12(14)13(16)15-4-5-17-11(7-15)10-3-6-18-8-10/h3,6,8-9,11-12H,4-5,7,14H2,1-2H3/t11?,12-/m0/s1. The van der Waals surface area contributed by atoms with Crippen LogP contribution in [0.2, 0.25) is 0 Å². The molecule has 1 unspecified atom stereocenters. The van der Waals surface area contributed by atoms with Crippen LogP contribution in [0.25, 0.3) is 0 Å². The van der Waals surface area contributed by atoms with Crippen LogP contribution in [0.5, 0.6) is 0 Å². The lowest BCUT2D eigenvalue weighted by molar-refractivity contribution is -0.141. The van der Waals surface area contributed by atoms with Gasteiger partial charge in [-0.1, -0.05) is 13.8 Å². The van der Waals surface area contributed by atoms with Crippen molar-refractivity contribution in [2.75, 3.05) is 19.7 Å². The summed E-state index contributed by atoms with van der Waals surface area (Å²) in [7, 11) is 0. The molecular weight excluding hydrogens is 248 g/mol. The lowest BCUT2D eigenvalue weighted by Gasteiger charge is -2.34. The summed E-state index contributed by atoms with van der Waals surface area (Å²) in [4.78, 5) is 14.0. The first-order valence-corrected chi connectivity index (χ1v) is 7.22. The summed E-state index contributed by atoms with van der Waals surface area (Å²) in [5.74, 6) is 0.202. The van der Waals surface area contributed by atoms with Crippen LogP contribution in [0, 0.1) is 5.92 Å². The molecule has 0 bridgehead atoms. The van der Waals surface area contributed by atoms with E-state index in [2.05, 4.69) is 5.38 Å². The fourth-order valence-electron chi connectivity index (χ4n) is 2.01. The minimum atomic E-state index is -0.411. The van der Waals surface area contributed by atoms with Crippen LogP contribution in [-0.2, 0) is 9.53 Å². The third kappa shape index (κ3) is 2.91. The fourth-order valence-corrected chi connectivity index (χ4v) is 2.71. The molecule has 1 aromatic rings. The van der Waals surface area contributed by atoms with Gasteiger partial charge in [0.05, 0.1) is 19.2 Å². The van der Waals surface area contributed by atoms with Gasteiger partial charge in [-0.3, -0.25) is 4.79 Å². The highest BCUT2D eigenvalue weighted by molar-refractivity contribution is 7.07. The van der Waals surface area contributed by atoms with Crippen molar-refractivity contribution in [3.63, 3.8) is 0 Å². The molecule has 18 heavy (non-hydrogen) atoms. The average Bonchev–Trinajstić information content (AvgIpc) is 2.91. The number of nitrogens with zero attached hydrogens (tertiary/aromatic N) is 1. The van der Waals surface area contributed by atoms with Crippen LogP contribution in [0.3, 0.4) is 0 Å². The number of hydrogen-bond donors (Lipinski definition) is 1. The van der Waals surface area contributed by atoms with Gasteiger partial charge < -0.3 is 15.4 Å². The van der Waals surface area contributed by atoms with E-state index < -0.39 is 6.04 Å². The molecule has 1 aromatic heterocycles. The van der Waals surface area contributed by atoms with E-state index in [0.717, 1.165) is 5.56 Å². The van der Waals surface area contributed by atoms with Crippen LogP contribution >= 0.6 is 11.3 Å². The van der Waals surface area contributed by atoms with Gasteiger partial charge in [-0.15, -0.1) is 0 Å². The van der Waals surface area contributed by atoms with E-state index in [-0.39, 0.29) is 17.9 Å². The Hall–Kier alpha value is -0.910. The number of ether oxygens (including phenoxy) is 1. The monoisotopic (exact) mass is 268 g/mol. The Morgan fingerprint density at radius 1 is 1.61 bits per heavy atom. The van der Waals surface area contributed by atoms with Gasteiger partial charge in [0.2, 0.25) is 5.91 Å². The van der Waals surface area contributed by atoms with Crippen molar-refractivity contribution in [1.29, 1.82) is 0 Å². The van der Waals surface area contributed by atoms with Crippen LogP contribution < -0.4 is 5.73 Å². The average molecular weight is 268 g/mol. The lowest BCUT2D eigenvalue weighted by Crippen LogP contribution is -2.51. The summed E-state index contributed by atoms with van der Waals surface area (Å²) in [6.07, 6.45) is -0.00619. The molecule has 0 radical (unpaired) electrons. The molecule has 1 aliphatic heterocycles. The second-order valence-corrected chi connectivity index (χ2v) is 5.75. The molecule has 100 valence electrons. The van der Waals surface area contributed by atoms with Crippen molar-refractivity contribution in [3.8, 4) is 0 Å². The van der Waals surface area contributed by atoms with E-state index >= 15 is 0 Å². The zero-order valence-corrected chi connectivity index (χ0v) is 11.7. The third-order valence-corrected chi connectivity index (χ3v) is 4.00. The lowest BCUT2D eigenvalue weighted by atomic mass is 10.0. The Balaban J connectivity index is 2.01. The van der Waals surface area contributed by atoms with Crippen molar-refractivity contribution < 1.29 is 9.53 Å². The Bertz CT molecular complexity index is 392. The molecule has 1 aliphatic rings. The summed E-state index contributed by atoms with van der Waals surface area (Å²) in [5, 5.41) is 4.10. The van der Waals surface area contributed by atoms with Gasteiger partial charge in [0, 0.05) is 6.54 Å². The number of carbonyl (C=O) groups is 1. The van der Waals surface area contributed by atoms with Gasteiger partial charge >= 0.3 is 0 Å². The Kier molecular flexibility index (Phi) is 4.37. The topological polar surface area (TPSA) is 55.6 Å². The van der Waals surface area contributed by atoms with Crippen LogP contribution in [0.1, 0.15) is 25.5 Å². The molecule has 4 nitrogen and oxygen atoms in total. The summed E-state index contributed by atoms with van der Waals surface area (Å²) in [5.41, 5.74) is 7.07. The zero-order valence-electron chi connectivity index (χ0n) is 10.8. The Labute approximate surface area is 112 Å². The highest BCUT2D eigenvalue weighted by atomic mass is 32.1. The predicted octanol–water partition coefficient (Wildman–Crippen LogP) is 1.63. The maximum absolute atomic E-state index is 12.2. The molecule has 2 rings (SSSR count).